The summed E-state index contributed by atoms with van der Waals surface area (Å²) in [7, 11) is 3.32. The molecule has 0 aliphatic heterocycles. The molecule has 0 aliphatic carbocycles. The smallest absolute Gasteiger partial charge is 0.169 e. The highest BCUT2D eigenvalue weighted by molar-refractivity contribution is 6.13. The largest absolute Gasteiger partial charge is 0.504 e. The predicted molar refractivity (Wildman–Crippen MR) is 136 cm³/mol. The molecule has 0 spiro atoms. The molecule has 4 heteroatoms. The van der Waals surface area contributed by atoms with E-state index in [1.165, 1.54) is 0 Å². The number of aromatic hydroxyl groups is 1. The summed E-state index contributed by atoms with van der Waals surface area (Å²) in [5.41, 5.74) is 2.19. The minimum Gasteiger partial charge on any atom is -0.504 e. The zero-order valence-electron chi connectivity index (χ0n) is 19.2. The number of phenols is 1. The van der Waals surface area contributed by atoms with Crippen LogP contribution in [-0.2, 0) is 0 Å². The second kappa shape index (κ2) is 9.36. The lowest BCUT2D eigenvalue weighted by molar-refractivity contribution is 0.292. The van der Waals surface area contributed by atoms with E-state index in [0.717, 1.165) is 44.2 Å². The second-order valence-electron chi connectivity index (χ2n) is 8.18. The number of ether oxygens (including phenoxy) is 3. The third-order valence-electron chi connectivity index (χ3n) is 6.29. The van der Waals surface area contributed by atoms with Crippen LogP contribution in [0.4, 0.5) is 0 Å². The summed E-state index contributed by atoms with van der Waals surface area (Å²) in [6, 6.07) is 31.9. The van der Waals surface area contributed by atoms with Gasteiger partial charge in [-0.15, -0.1) is 0 Å². The standard InChI is InChI=1S/C30H26O4/c1-32-22-15-11-20(12-16-22)28(21-13-17-23(33-2)18-14-21)19-34-30-27-10-6-4-8-25(27)24-7-3-5-9-26(24)29(30)31/h3-18,28,31H,19H2,1-2H3. The van der Waals surface area contributed by atoms with Crippen molar-refractivity contribution in [1.82, 2.24) is 0 Å². The van der Waals surface area contributed by atoms with Gasteiger partial charge in [-0.2, -0.15) is 0 Å². The lowest BCUT2D eigenvalue weighted by atomic mass is 9.92. The Kier molecular flexibility index (Phi) is 5.96. The molecule has 0 saturated heterocycles. The third-order valence-corrected chi connectivity index (χ3v) is 6.29. The molecule has 0 radical (unpaired) electrons. The van der Waals surface area contributed by atoms with E-state index in [1.54, 1.807) is 14.2 Å². The zero-order valence-corrected chi connectivity index (χ0v) is 19.2. The molecule has 0 saturated carbocycles. The summed E-state index contributed by atoms with van der Waals surface area (Å²) in [4.78, 5) is 0. The first kappa shape index (κ1) is 21.7. The van der Waals surface area contributed by atoms with Gasteiger partial charge in [0, 0.05) is 16.7 Å². The molecule has 0 amide bonds. The summed E-state index contributed by atoms with van der Waals surface area (Å²) in [6.07, 6.45) is 0. The van der Waals surface area contributed by atoms with Crippen molar-refractivity contribution < 1.29 is 19.3 Å². The number of rotatable bonds is 7. The number of hydrogen-bond acceptors (Lipinski definition) is 4. The van der Waals surface area contributed by atoms with E-state index in [-0.39, 0.29) is 11.7 Å². The van der Waals surface area contributed by atoms with Gasteiger partial charge in [-0.25, -0.2) is 0 Å². The van der Waals surface area contributed by atoms with Gasteiger partial charge < -0.3 is 19.3 Å². The molecule has 4 nitrogen and oxygen atoms in total. The van der Waals surface area contributed by atoms with E-state index in [0.29, 0.717) is 12.4 Å². The maximum Gasteiger partial charge on any atom is 0.169 e. The Bertz CT molecular complexity index is 1380. The van der Waals surface area contributed by atoms with Gasteiger partial charge in [-0.05, 0) is 46.2 Å². The first-order valence-corrected chi connectivity index (χ1v) is 11.2. The van der Waals surface area contributed by atoms with Crippen molar-refractivity contribution in [2.45, 2.75) is 5.92 Å². The lowest BCUT2D eigenvalue weighted by Crippen LogP contribution is -2.12. The molecule has 0 bridgehead atoms. The molecule has 5 aromatic carbocycles. The van der Waals surface area contributed by atoms with E-state index in [2.05, 4.69) is 30.3 Å². The van der Waals surface area contributed by atoms with E-state index in [4.69, 9.17) is 14.2 Å². The van der Waals surface area contributed by atoms with Crippen LogP contribution in [0.25, 0.3) is 21.5 Å². The quantitative estimate of drug-likeness (QED) is 0.273. The van der Waals surface area contributed by atoms with Gasteiger partial charge in [-0.1, -0.05) is 72.8 Å². The van der Waals surface area contributed by atoms with Gasteiger partial charge in [0.1, 0.15) is 11.5 Å². The van der Waals surface area contributed by atoms with Crippen molar-refractivity contribution in [1.29, 1.82) is 0 Å². The van der Waals surface area contributed by atoms with Crippen molar-refractivity contribution in [3.8, 4) is 23.0 Å². The molecular formula is C30H26O4. The normalized spacial score (nSPS) is 11.1. The van der Waals surface area contributed by atoms with Crippen LogP contribution in [0.3, 0.4) is 0 Å². The molecule has 5 rings (SSSR count). The highest BCUT2D eigenvalue weighted by atomic mass is 16.5. The monoisotopic (exact) mass is 450 g/mol. The average Bonchev–Trinajstić information content (AvgIpc) is 2.91. The molecule has 5 aromatic rings. The predicted octanol–water partition coefficient (Wildman–Crippen LogP) is 6.93. The molecule has 0 unspecified atom stereocenters. The first-order chi connectivity index (χ1) is 16.7. The Balaban J connectivity index is 1.57. The highest BCUT2D eigenvalue weighted by Crippen LogP contribution is 2.43. The molecule has 34 heavy (non-hydrogen) atoms. The van der Waals surface area contributed by atoms with E-state index >= 15 is 0 Å². The molecule has 0 atom stereocenters. The lowest BCUT2D eigenvalue weighted by Gasteiger charge is -2.21. The minimum atomic E-state index is -0.0542. The fourth-order valence-corrected chi connectivity index (χ4v) is 4.46. The highest BCUT2D eigenvalue weighted by Gasteiger charge is 2.20. The van der Waals surface area contributed by atoms with Gasteiger partial charge >= 0.3 is 0 Å². The van der Waals surface area contributed by atoms with Gasteiger partial charge in [-0.3, -0.25) is 0 Å². The molecule has 170 valence electrons. The second-order valence-corrected chi connectivity index (χ2v) is 8.18. The third kappa shape index (κ3) is 3.99. The van der Waals surface area contributed by atoms with Gasteiger partial charge in [0.2, 0.25) is 0 Å². The Hall–Kier alpha value is -4.18. The number of benzene rings is 5. The fourth-order valence-electron chi connectivity index (χ4n) is 4.46. The zero-order chi connectivity index (χ0) is 23.5. The summed E-state index contributed by atoms with van der Waals surface area (Å²) >= 11 is 0. The van der Waals surface area contributed by atoms with Crippen LogP contribution in [0.15, 0.2) is 97.1 Å². The van der Waals surface area contributed by atoms with Gasteiger partial charge in [0.15, 0.2) is 11.5 Å². The number of methoxy groups -OCH3 is 2. The van der Waals surface area contributed by atoms with Crippen LogP contribution in [0.5, 0.6) is 23.0 Å². The maximum atomic E-state index is 11.2. The van der Waals surface area contributed by atoms with Gasteiger partial charge in [0.05, 0.1) is 20.8 Å². The topological polar surface area (TPSA) is 47.9 Å². The fraction of sp³-hybridized carbons (Fsp3) is 0.133. The van der Waals surface area contributed by atoms with Crippen LogP contribution >= 0.6 is 0 Å². The number of phenolic OH excluding ortho intramolecular Hbond substituents is 1. The number of fused-ring (bicyclic) bond motifs is 3. The maximum absolute atomic E-state index is 11.2. The Morgan fingerprint density at radius 3 is 1.53 bits per heavy atom. The van der Waals surface area contributed by atoms with Gasteiger partial charge in [0.25, 0.3) is 0 Å². The molecule has 1 N–H and O–H groups in total. The minimum absolute atomic E-state index is 0.0542. The molecular weight excluding hydrogens is 424 g/mol. The van der Waals surface area contributed by atoms with Crippen LogP contribution in [0.1, 0.15) is 17.0 Å². The van der Waals surface area contributed by atoms with E-state index < -0.39 is 0 Å². The number of hydrogen-bond donors (Lipinski definition) is 1. The SMILES string of the molecule is COc1ccc(C(COc2c(O)c3ccccc3c3ccccc23)c2ccc(OC)cc2)cc1. The summed E-state index contributed by atoms with van der Waals surface area (Å²) in [5.74, 6) is 2.22. The van der Waals surface area contributed by atoms with Crippen molar-refractivity contribution in [2.24, 2.45) is 0 Å². The van der Waals surface area contributed by atoms with Crippen LogP contribution < -0.4 is 14.2 Å². The van der Waals surface area contributed by atoms with Crippen molar-refractivity contribution in [3.05, 3.63) is 108 Å². The van der Waals surface area contributed by atoms with Crippen molar-refractivity contribution in [2.75, 3.05) is 20.8 Å². The van der Waals surface area contributed by atoms with Crippen LogP contribution in [-0.4, -0.2) is 25.9 Å². The molecule has 0 aliphatic rings. The Labute approximate surface area is 199 Å². The Morgan fingerprint density at radius 1 is 0.588 bits per heavy atom. The molecule has 0 aromatic heterocycles. The molecule has 0 fully saturated rings. The molecule has 0 heterocycles. The summed E-state index contributed by atoms with van der Waals surface area (Å²) < 4.78 is 17.1. The average molecular weight is 451 g/mol. The van der Waals surface area contributed by atoms with E-state index in [1.807, 2.05) is 66.7 Å². The van der Waals surface area contributed by atoms with Crippen molar-refractivity contribution >= 4 is 21.5 Å². The first-order valence-electron chi connectivity index (χ1n) is 11.2. The summed E-state index contributed by atoms with van der Waals surface area (Å²) in [6.45, 7) is 0.356. The van der Waals surface area contributed by atoms with Crippen molar-refractivity contribution in [3.63, 3.8) is 0 Å². The summed E-state index contributed by atoms with van der Waals surface area (Å²) in [5, 5.41) is 14.9. The Morgan fingerprint density at radius 2 is 1.03 bits per heavy atom. The van der Waals surface area contributed by atoms with Crippen LogP contribution in [0.2, 0.25) is 0 Å². The van der Waals surface area contributed by atoms with Crippen LogP contribution in [0, 0.1) is 0 Å². The van der Waals surface area contributed by atoms with E-state index in [9.17, 15) is 5.11 Å².